The summed E-state index contributed by atoms with van der Waals surface area (Å²) >= 11 is 10.5. The highest BCUT2D eigenvalue weighted by Crippen LogP contribution is 2.07. The zero-order valence-electron chi connectivity index (χ0n) is 12.1. The third-order valence-corrected chi connectivity index (χ3v) is 3.67. The Balaban J connectivity index is 2.35. The standard InChI is InChI=1S/C13H19ClN4O2S/c1-3-11(13(21)18(19)20)15-6-7-17(2)9-10-4-5-12(14)16-8-10/h4-5,8,11,15H,3,6-7,9H2,1-2H3. The van der Waals surface area contributed by atoms with E-state index in [1.807, 2.05) is 20.0 Å². The Morgan fingerprint density at radius 1 is 1.62 bits per heavy atom. The molecular weight excluding hydrogens is 312 g/mol. The number of pyridine rings is 1. The van der Waals surface area contributed by atoms with Gasteiger partial charge in [-0.25, -0.2) is 4.98 Å². The van der Waals surface area contributed by atoms with Crippen molar-refractivity contribution >= 4 is 28.8 Å². The Morgan fingerprint density at radius 2 is 2.33 bits per heavy atom. The lowest BCUT2D eigenvalue weighted by Crippen LogP contribution is -2.42. The number of nitrogens with one attached hydrogen (secondary N) is 1. The molecule has 1 unspecified atom stereocenters. The number of rotatable bonds is 8. The zero-order chi connectivity index (χ0) is 15.8. The van der Waals surface area contributed by atoms with Gasteiger partial charge in [0.15, 0.2) is 0 Å². The van der Waals surface area contributed by atoms with Crippen LogP contribution in [0.5, 0.6) is 0 Å². The molecule has 6 nitrogen and oxygen atoms in total. The molecule has 0 aliphatic heterocycles. The molecule has 0 aliphatic carbocycles. The Hall–Kier alpha value is -1.15. The first-order chi connectivity index (χ1) is 9.93. The van der Waals surface area contributed by atoms with Crippen LogP contribution in [0, 0.1) is 10.1 Å². The number of hydrogen-bond donors (Lipinski definition) is 1. The Morgan fingerprint density at radius 3 is 2.86 bits per heavy atom. The largest absolute Gasteiger partial charge is 0.327 e. The van der Waals surface area contributed by atoms with Crippen LogP contribution in [0.15, 0.2) is 18.3 Å². The van der Waals surface area contributed by atoms with Gasteiger partial charge < -0.3 is 10.2 Å². The highest BCUT2D eigenvalue weighted by molar-refractivity contribution is 7.80. The van der Waals surface area contributed by atoms with Crippen LogP contribution in [-0.2, 0) is 6.54 Å². The second kappa shape index (κ2) is 8.99. The monoisotopic (exact) mass is 330 g/mol. The summed E-state index contributed by atoms with van der Waals surface area (Å²) in [6.07, 6.45) is 2.34. The second-order valence-electron chi connectivity index (χ2n) is 4.74. The van der Waals surface area contributed by atoms with E-state index in [1.54, 1.807) is 12.3 Å². The summed E-state index contributed by atoms with van der Waals surface area (Å²) in [4.78, 5) is 16.1. The van der Waals surface area contributed by atoms with Gasteiger partial charge in [0.25, 0.3) is 0 Å². The minimum atomic E-state index is -0.500. The molecule has 0 amide bonds. The lowest BCUT2D eigenvalue weighted by molar-refractivity contribution is -0.349. The van der Waals surface area contributed by atoms with Crippen LogP contribution in [0.25, 0.3) is 0 Å². The maximum absolute atomic E-state index is 10.7. The maximum Gasteiger partial charge on any atom is 0.327 e. The molecule has 21 heavy (non-hydrogen) atoms. The number of halogens is 1. The number of nitro groups is 1. The smallest absolute Gasteiger partial charge is 0.303 e. The molecule has 0 radical (unpaired) electrons. The molecule has 0 bridgehead atoms. The van der Waals surface area contributed by atoms with Gasteiger partial charge in [0.2, 0.25) is 0 Å². The maximum atomic E-state index is 10.7. The predicted octanol–water partition coefficient (Wildman–Crippen LogP) is 2.14. The fourth-order valence-electron chi connectivity index (χ4n) is 1.85. The van der Waals surface area contributed by atoms with E-state index in [1.165, 1.54) is 0 Å². The summed E-state index contributed by atoms with van der Waals surface area (Å²) in [6, 6.07) is 3.32. The highest BCUT2D eigenvalue weighted by Gasteiger charge is 2.21. The lowest BCUT2D eigenvalue weighted by atomic mass is 10.2. The predicted molar refractivity (Wildman–Crippen MR) is 87.3 cm³/mol. The molecular formula is C13H19ClN4O2S. The first-order valence-electron chi connectivity index (χ1n) is 6.64. The highest BCUT2D eigenvalue weighted by atomic mass is 35.5. The van der Waals surface area contributed by atoms with E-state index in [2.05, 4.69) is 15.2 Å². The van der Waals surface area contributed by atoms with Crippen molar-refractivity contribution in [2.75, 3.05) is 20.1 Å². The minimum Gasteiger partial charge on any atom is -0.303 e. The number of thiocarbonyl (C=S) groups is 1. The van der Waals surface area contributed by atoms with Crippen LogP contribution >= 0.6 is 23.8 Å². The summed E-state index contributed by atoms with van der Waals surface area (Å²) in [5, 5.41) is 14.3. The minimum absolute atomic E-state index is 0.151. The van der Waals surface area contributed by atoms with Crippen LogP contribution in [0.2, 0.25) is 5.15 Å². The van der Waals surface area contributed by atoms with Crippen LogP contribution in [0.1, 0.15) is 18.9 Å². The van der Waals surface area contributed by atoms with Gasteiger partial charge in [-0.3, -0.25) is 10.1 Å². The summed E-state index contributed by atoms with van der Waals surface area (Å²) in [5.74, 6) is 0. The summed E-state index contributed by atoms with van der Waals surface area (Å²) in [6.45, 7) is 3.99. The Bertz CT molecular complexity index is 484. The van der Waals surface area contributed by atoms with E-state index in [0.29, 0.717) is 18.1 Å². The molecule has 0 fully saturated rings. The third kappa shape index (κ3) is 6.43. The van der Waals surface area contributed by atoms with Crippen molar-refractivity contribution in [2.24, 2.45) is 0 Å². The van der Waals surface area contributed by atoms with E-state index >= 15 is 0 Å². The van der Waals surface area contributed by atoms with Crippen LogP contribution in [-0.4, -0.2) is 46.0 Å². The molecule has 1 atom stereocenters. The summed E-state index contributed by atoms with van der Waals surface area (Å²) < 4.78 is 0. The molecule has 1 N–H and O–H groups in total. The van der Waals surface area contributed by atoms with Crippen LogP contribution < -0.4 is 5.32 Å². The zero-order valence-corrected chi connectivity index (χ0v) is 13.7. The lowest BCUT2D eigenvalue weighted by Gasteiger charge is -2.19. The van der Waals surface area contributed by atoms with Crippen molar-refractivity contribution < 1.29 is 4.92 Å². The van der Waals surface area contributed by atoms with Gasteiger partial charge >= 0.3 is 4.99 Å². The summed E-state index contributed by atoms with van der Waals surface area (Å²) in [7, 11) is 1.98. The first-order valence-corrected chi connectivity index (χ1v) is 7.43. The van der Waals surface area contributed by atoms with Crippen LogP contribution in [0.4, 0.5) is 0 Å². The normalized spacial score (nSPS) is 12.4. The first kappa shape index (κ1) is 17.9. The molecule has 1 aromatic rings. The molecule has 0 saturated heterocycles. The third-order valence-electron chi connectivity index (χ3n) is 3.01. The average Bonchev–Trinajstić information content (AvgIpc) is 2.45. The van der Waals surface area contributed by atoms with Gasteiger partial charge in [0.1, 0.15) is 11.2 Å². The van der Waals surface area contributed by atoms with Gasteiger partial charge in [-0.05, 0) is 37.3 Å². The Kier molecular flexibility index (Phi) is 7.66. The quantitative estimate of drug-likeness (QED) is 0.341. The number of likely N-dealkylation sites (N-methyl/N-ethyl adjacent to an activating group) is 1. The van der Waals surface area contributed by atoms with Gasteiger partial charge in [0.05, 0.1) is 4.92 Å². The number of hydrogen-bond acceptors (Lipinski definition) is 6. The molecule has 116 valence electrons. The molecule has 8 heteroatoms. The molecule has 0 aliphatic rings. The summed E-state index contributed by atoms with van der Waals surface area (Å²) in [5.41, 5.74) is 1.06. The van der Waals surface area contributed by atoms with Crippen molar-refractivity contribution in [1.29, 1.82) is 0 Å². The van der Waals surface area contributed by atoms with Gasteiger partial charge in [0, 0.05) is 25.8 Å². The molecule has 1 aromatic heterocycles. The van der Waals surface area contributed by atoms with Crippen molar-refractivity contribution in [3.63, 3.8) is 0 Å². The fraction of sp³-hybridized carbons (Fsp3) is 0.538. The van der Waals surface area contributed by atoms with Crippen molar-refractivity contribution in [3.05, 3.63) is 39.2 Å². The molecule has 0 aromatic carbocycles. The SMILES string of the molecule is CCC(NCCN(C)Cc1ccc(Cl)nc1)C(=S)[N+](=O)[O-]. The van der Waals surface area contributed by atoms with Crippen molar-refractivity contribution in [2.45, 2.75) is 25.9 Å². The fourth-order valence-corrected chi connectivity index (χ4v) is 2.22. The van der Waals surface area contributed by atoms with Crippen molar-refractivity contribution in [3.8, 4) is 0 Å². The molecule has 0 spiro atoms. The van der Waals surface area contributed by atoms with Gasteiger partial charge in [-0.15, -0.1) is 0 Å². The van der Waals surface area contributed by atoms with E-state index in [4.69, 9.17) is 23.8 Å². The van der Waals surface area contributed by atoms with E-state index in [-0.39, 0.29) is 11.0 Å². The van der Waals surface area contributed by atoms with E-state index < -0.39 is 4.92 Å². The van der Waals surface area contributed by atoms with Crippen molar-refractivity contribution in [1.82, 2.24) is 15.2 Å². The van der Waals surface area contributed by atoms with E-state index in [0.717, 1.165) is 18.7 Å². The molecule has 1 rings (SSSR count). The number of nitrogens with zero attached hydrogens (tertiary/aromatic N) is 3. The number of aromatic nitrogens is 1. The van der Waals surface area contributed by atoms with Crippen LogP contribution in [0.3, 0.4) is 0 Å². The molecule has 0 saturated carbocycles. The topological polar surface area (TPSA) is 71.3 Å². The van der Waals surface area contributed by atoms with Gasteiger partial charge in [-0.1, -0.05) is 24.6 Å². The average molecular weight is 331 g/mol. The molecule has 1 heterocycles. The van der Waals surface area contributed by atoms with Gasteiger partial charge in [-0.2, -0.15) is 0 Å². The second-order valence-corrected chi connectivity index (χ2v) is 5.54. The van der Waals surface area contributed by atoms with E-state index in [9.17, 15) is 10.1 Å². The Labute approximate surface area is 134 Å².